The number of rotatable bonds is 4. The maximum atomic E-state index is 13.1. The number of ether oxygens (including phenoxy) is 1. The van der Waals surface area contributed by atoms with Crippen LogP contribution >= 0.6 is 15.9 Å². The molecule has 2 amide bonds. The molecule has 0 bridgehead atoms. The maximum absolute atomic E-state index is 13.1. The van der Waals surface area contributed by atoms with Gasteiger partial charge in [0, 0.05) is 10.0 Å². The first-order valence-corrected chi connectivity index (χ1v) is 11.0. The van der Waals surface area contributed by atoms with Gasteiger partial charge in [0.25, 0.3) is 21.8 Å². The van der Waals surface area contributed by atoms with Crippen molar-refractivity contribution in [3.05, 3.63) is 82.3 Å². The Bertz CT molecular complexity index is 1270. The molecule has 0 atom stereocenters. The molecule has 0 spiro atoms. The quantitative estimate of drug-likeness (QED) is 0.600. The lowest BCUT2D eigenvalue weighted by molar-refractivity contribution is 0.100. The number of para-hydroxylation sites is 2. The summed E-state index contributed by atoms with van der Waals surface area (Å²) in [4.78, 5) is 25.3. The van der Waals surface area contributed by atoms with Gasteiger partial charge in [-0.25, -0.2) is 8.42 Å². The number of anilines is 2. The highest BCUT2D eigenvalue weighted by Crippen LogP contribution is 2.36. The fourth-order valence-corrected chi connectivity index (χ4v) is 5.03. The lowest BCUT2D eigenvalue weighted by Crippen LogP contribution is -2.29. The van der Waals surface area contributed by atoms with Crippen LogP contribution in [0.2, 0.25) is 0 Å². The summed E-state index contributed by atoms with van der Waals surface area (Å²) in [5, 5.41) is 2.69. The summed E-state index contributed by atoms with van der Waals surface area (Å²) in [6.07, 6.45) is 0. The maximum Gasteiger partial charge on any atom is 0.273 e. The second-order valence-electron chi connectivity index (χ2n) is 6.42. The van der Waals surface area contributed by atoms with Gasteiger partial charge in [-0.2, -0.15) is 4.31 Å². The van der Waals surface area contributed by atoms with Crippen molar-refractivity contribution in [1.82, 2.24) is 0 Å². The minimum absolute atomic E-state index is 0.0201. The number of amides is 2. The molecule has 0 saturated heterocycles. The second kappa shape index (κ2) is 7.58. The molecule has 1 N–H and O–H groups in total. The van der Waals surface area contributed by atoms with Crippen LogP contribution in [-0.4, -0.2) is 27.3 Å². The highest BCUT2D eigenvalue weighted by atomic mass is 79.9. The first-order chi connectivity index (χ1) is 14.3. The van der Waals surface area contributed by atoms with Crippen LogP contribution in [0.15, 0.2) is 76.1 Å². The Morgan fingerprint density at radius 1 is 1.03 bits per heavy atom. The number of carbonyl (C=O) groups excluding carboxylic acids is 2. The van der Waals surface area contributed by atoms with E-state index in [1.54, 1.807) is 36.4 Å². The van der Waals surface area contributed by atoms with E-state index in [1.807, 2.05) is 0 Å². The lowest BCUT2D eigenvalue weighted by atomic mass is 10.1. The van der Waals surface area contributed by atoms with Gasteiger partial charge in [0.2, 0.25) is 0 Å². The van der Waals surface area contributed by atoms with Crippen LogP contribution in [0.5, 0.6) is 5.75 Å². The first kappa shape index (κ1) is 20.1. The van der Waals surface area contributed by atoms with Gasteiger partial charge < -0.3 is 10.1 Å². The molecule has 1 aliphatic rings. The minimum atomic E-state index is -4.14. The third-order valence-electron chi connectivity index (χ3n) is 4.59. The van der Waals surface area contributed by atoms with Crippen LogP contribution in [0.4, 0.5) is 11.4 Å². The topological polar surface area (TPSA) is 92.8 Å². The van der Waals surface area contributed by atoms with E-state index >= 15 is 0 Å². The molecule has 30 heavy (non-hydrogen) atoms. The third kappa shape index (κ3) is 3.35. The number of methoxy groups -OCH3 is 1. The molecule has 9 heteroatoms. The number of carbonyl (C=O) groups is 2. The molecule has 7 nitrogen and oxygen atoms in total. The average Bonchev–Trinajstić information content (AvgIpc) is 2.94. The number of nitrogens with one attached hydrogen (secondary N) is 1. The summed E-state index contributed by atoms with van der Waals surface area (Å²) in [5.74, 6) is -0.715. The molecular formula is C21H15BrN2O5S. The molecule has 0 fully saturated rings. The van der Waals surface area contributed by atoms with E-state index in [0.717, 1.165) is 8.78 Å². The summed E-state index contributed by atoms with van der Waals surface area (Å²) >= 11 is 3.28. The second-order valence-corrected chi connectivity index (χ2v) is 9.09. The van der Waals surface area contributed by atoms with Crippen molar-refractivity contribution in [2.75, 3.05) is 16.7 Å². The molecule has 0 aliphatic carbocycles. The zero-order chi connectivity index (χ0) is 21.5. The van der Waals surface area contributed by atoms with Gasteiger partial charge in [-0.05, 0) is 54.6 Å². The number of halogens is 1. The van der Waals surface area contributed by atoms with E-state index in [2.05, 4.69) is 21.2 Å². The summed E-state index contributed by atoms with van der Waals surface area (Å²) in [7, 11) is -2.66. The Balaban J connectivity index is 1.70. The van der Waals surface area contributed by atoms with Crippen LogP contribution in [0.1, 0.15) is 20.7 Å². The Hall–Kier alpha value is -3.17. The molecule has 0 unspecified atom stereocenters. The minimum Gasteiger partial charge on any atom is -0.495 e. The predicted molar refractivity (Wildman–Crippen MR) is 116 cm³/mol. The number of fused-ring (bicyclic) bond motifs is 1. The number of benzene rings is 3. The number of hydrogen-bond acceptors (Lipinski definition) is 5. The van der Waals surface area contributed by atoms with Crippen molar-refractivity contribution in [3.8, 4) is 5.75 Å². The zero-order valence-electron chi connectivity index (χ0n) is 15.6. The number of hydrogen-bond donors (Lipinski definition) is 1. The van der Waals surface area contributed by atoms with E-state index < -0.39 is 21.8 Å². The Morgan fingerprint density at radius 3 is 2.43 bits per heavy atom. The van der Waals surface area contributed by atoms with Gasteiger partial charge >= 0.3 is 0 Å². The van der Waals surface area contributed by atoms with Crippen LogP contribution in [0, 0.1) is 0 Å². The number of sulfonamides is 1. The molecule has 3 aromatic carbocycles. The molecular weight excluding hydrogens is 472 g/mol. The third-order valence-corrected chi connectivity index (χ3v) is 6.87. The van der Waals surface area contributed by atoms with Crippen molar-refractivity contribution >= 4 is 49.1 Å². The van der Waals surface area contributed by atoms with Crippen LogP contribution in [-0.2, 0) is 10.0 Å². The van der Waals surface area contributed by atoms with Crippen molar-refractivity contribution in [2.24, 2.45) is 0 Å². The molecule has 0 saturated carbocycles. The Labute approximate surface area is 181 Å². The van der Waals surface area contributed by atoms with E-state index in [0.29, 0.717) is 11.4 Å². The summed E-state index contributed by atoms with van der Waals surface area (Å²) in [6.45, 7) is 0. The van der Waals surface area contributed by atoms with E-state index in [-0.39, 0.29) is 21.7 Å². The van der Waals surface area contributed by atoms with Crippen molar-refractivity contribution < 1.29 is 22.7 Å². The first-order valence-electron chi connectivity index (χ1n) is 8.76. The van der Waals surface area contributed by atoms with Crippen LogP contribution in [0.25, 0.3) is 0 Å². The summed E-state index contributed by atoms with van der Waals surface area (Å²) in [5.41, 5.74) is 0.792. The molecule has 0 radical (unpaired) electrons. The SMILES string of the molecule is COc1ccccc1NC(=O)c1ccc2c(c1)S(=O)(=O)N(c1ccc(Br)cc1)C2=O. The van der Waals surface area contributed by atoms with Crippen molar-refractivity contribution in [1.29, 1.82) is 0 Å². The fourth-order valence-electron chi connectivity index (χ4n) is 3.15. The van der Waals surface area contributed by atoms with E-state index in [1.165, 1.54) is 37.4 Å². The van der Waals surface area contributed by atoms with Gasteiger partial charge in [0.15, 0.2) is 0 Å². The molecule has 3 aromatic rings. The Morgan fingerprint density at radius 2 is 1.73 bits per heavy atom. The van der Waals surface area contributed by atoms with Gasteiger partial charge in [-0.15, -0.1) is 0 Å². The number of nitrogens with zero attached hydrogens (tertiary/aromatic N) is 1. The summed E-state index contributed by atoms with van der Waals surface area (Å²) < 4.78 is 32.8. The van der Waals surface area contributed by atoms with Gasteiger partial charge in [0.05, 0.1) is 24.0 Å². The largest absolute Gasteiger partial charge is 0.495 e. The van der Waals surface area contributed by atoms with E-state index in [4.69, 9.17) is 4.74 Å². The highest BCUT2D eigenvalue weighted by Gasteiger charge is 2.42. The lowest BCUT2D eigenvalue weighted by Gasteiger charge is -2.15. The van der Waals surface area contributed by atoms with Crippen LogP contribution in [0.3, 0.4) is 0 Å². The van der Waals surface area contributed by atoms with Gasteiger partial charge in [-0.3, -0.25) is 9.59 Å². The smallest absolute Gasteiger partial charge is 0.273 e. The van der Waals surface area contributed by atoms with Gasteiger partial charge in [0.1, 0.15) is 10.6 Å². The van der Waals surface area contributed by atoms with Gasteiger partial charge in [-0.1, -0.05) is 28.1 Å². The highest BCUT2D eigenvalue weighted by molar-refractivity contribution is 9.10. The van der Waals surface area contributed by atoms with E-state index in [9.17, 15) is 18.0 Å². The molecule has 152 valence electrons. The zero-order valence-corrected chi connectivity index (χ0v) is 18.0. The van der Waals surface area contributed by atoms with Crippen LogP contribution < -0.4 is 14.4 Å². The normalized spacial score (nSPS) is 14.3. The monoisotopic (exact) mass is 486 g/mol. The standard InChI is InChI=1S/C21H15BrN2O5S/c1-29-18-5-3-2-4-17(18)23-20(25)13-6-11-16-19(12-13)30(27,28)24(21(16)26)15-9-7-14(22)8-10-15/h2-12H,1H3,(H,23,25). The van der Waals surface area contributed by atoms with Crippen molar-refractivity contribution in [2.45, 2.75) is 4.90 Å². The van der Waals surface area contributed by atoms with Crippen molar-refractivity contribution in [3.63, 3.8) is 0 Å². The molecule has 1 heterocycles. The predicted octanol–water partition coefficient (Wildman–Crippen LogP) is 4.06. The summed E-state index contributed by atoms with van der Waals surface area (Å²) in [6, 6.07) is 17.2. The molecule has 1 aliphatic heterocycles. The molecule has 0 aromatic heterocycles. The average molecular weight is 487 g/mol. The Kier molecular flexibility index (Phi) is 5.08. The fraction of sp³-hybridized carbons (Fsp3) is 0.0476. The molecule has 4 rings (SSSR count).